The van der Waals surface area contributed by atoms with Gasteiger partial charge in [0.1, 0.15) is 11.5 Å². The van der Waals surface area contributed by atoms with Gasteiger partial charge in [0.25, 0.3) is 0 Å². The Morgan fingerprint density at radius 3 is 2.66 bits per heavy atom. The maximum absolute atomic E-state index is 15.2. The van der Waals surface area contributed by atoms with Gasteiger partial charge in [-0.1, -0.05) is 18.2 Å². The molecule has 0 amide bonds. The minimum atomic E-state index is -3.50. The number of nitrogens with zero attached hydrogens (tertiary/aromatic N) is 5. The van der Waals surface area contributed by atoms with Crippen molar-refractivity contribution in [2.24, 2.45) is 0 Å². The van der Waals surface area contributed by atoms with E-state index in [2.05, 4.69) is 44.2 Å². The Bertz CT molecular complexity index is 1710. The standard InChI is InChI=1S/C30H33FN6O3S/c1-35-9-11-36(12-10-35)28-8-5-20-15-22(28)18-37(41(38,39)23-6-7-23)13-14-40-19-21-3-2-4-25(31)29(21)26-16-24-27(17-32-26)33-34-30(20)24/h2-5,8,15-17,23H,6-7,9-14,18-19H2,1H3,(H,33,34). The van der Waals surface area contributed by atoms with Gasteiger partial charge >= 0.3 is 0 Å². The van der Waals surface area contributed by atoms with E-state index >= 15 is 4.39 Å². The Kier molecular flexibility index (Phi) is 6.77. The first-order chi connectivity index (χ1) is 19.9. The van der Waals surface area contributed by atoms with Gasteiger partial charge in [0, 0.05) is 61.5 Å². The number of H-pyrrole nitrogens is 1. The number of fused-ring (bicyclic) bond motifs is 6. The summed E-state index contributed by atoms with van der Waals surface area (Å²) in [5, 5.41) is 8.17. The SMILES string of the molecule is CN1CCN(c2ccc3cc2CN(S(=O)(=O)C2CC2)CCOCc2cccc(F)c2-c2cc4c-3n[nH]c4cn2)CC1. The summed E-state index contributed by atoms with van der Waals surface area (Å²) < 4.78 is 50.0. The Hall–Kier alpha value is -3.38. The summed E-state index contributed by atoms with van der Waals surface area (Å²) in [7, 11) is -1.38. The number of hydrogen-bond acceptors (Lipinski definition) is 7. The number of aromatic amines is 1. The van der Waals surface area contributed by atoms with E-state index in [1.165, 1.54) is 6.07 Å². The molecule has 0 atom stereocenters. The van der Waals surface area contributed by atoms with Gasteiger partial charge in [0.15, 0.2) is 0 Å². The van der Waals surface area contributed by atoms with E-state index in [1.54, 1.807) is 16.6 Å². The number of pyridine rings is 1. The predicted molar refractivity (Wildman–Crippen MR) is 156 cm³/mol. The minimum absolute atomic E-state index is 0.142. The molecule has 214 valence electrons. The summed E-state index contributed by atoms with van der Waals surface area (Å²) in [4.78, 5) is 9.20. The van der Waals surface area contributed by atoms with Gasteiger partial charge in [-0.2, -0.15) is 9.40 Å². The normalized spacial score (nSPS) is 19.2. The Balaban J connectivity index is 1.39. The zero-order chi connectivity index (χ0) is 28.1. The third-order valence-electron chi connectivity index (χ3n) is 8.39. The minimum Gasteiger partial charge on any atom is -0.375 e. The van der Waals surface area contributed by atoms with Crippen LogP contribution in [0.15, 0.2) is 48.7 Å². The molecule has 3 aliphatic rings. The molecule has 1 saturated carbocycles. The molecule has 4 bridgehead atoms. The van der Waals surface area contributed by atoms with E-state index in [9.17, 15) is 8.42 Å². The van der Waals surface area contributed by atoms with Gasteiger partial charge in [-0.3, -0.25) is 10.1 Å². The van der Waals surface area contributed by atoms with Crippen LogP contribution in [0.4, 0.5) is 10.1 Å². The topological polar surface area (TPSA) is 94.7 Å². The van der Waals surface area contributed by atoms with Gasteiger partial charge in [0.2, 0.25) is 10.0 Å². The van der Waals surface area contributed by atoms with Crippen LogP contribution in [0.3, 0.4) is 0 Å². The lowest BCUT2D eigenvalue weighted by Gasteiger charge is -2.36. The van der Waals surface area contributed by atoms with Crippen LogP contribution in [0, 0.1) is 5.82 Å². The molecule has 11 heteroatoms. The number of sulfonamides is 1. The summed E-state index contributed by atoms with van der Waals surface area (Å²) in [5.74, 6) is -0.385. The first-order valence-corrected chi connectivity index (χ1v) is 15.6. The summed E-state index contributed by atoms with van der Waals surface area (Å²) in [5.41, 5.74) is 5.84. The summed E-state index contributed by atoms with van der Waals surface area (Å²) >= 11 is 0. The largest absolute Gasteiger partial charge is 0.375 e. The van der Waals surface area contributed by atoms with Crippen molar-refractivity contribution < 1.29 is 17.5 Å². The number of halogens is 1. The third kappa shape index (κ3) is 5.01. The molecule has 2 aromatic carbocycles. The van der Waals surface area contributed by atoms with E-state index in [1.807, 2.05) is 18.2 Å². The molecular weight excluding hydrogens is 543 g/mol. The van der Waals surface area contributed by atoms with Gasteiger partial charge in [-0.05, 0) is 55.3 Å². The van der Waals surface area contributed by atoms with E-state index in [0.717, 1.165) is 59.6 Å². The molecule has 4 heterocycles. The van der Waals surface area contributed by atoms with Crippen molar-refractivity contribution >= 4 is 26.6 Å². The molecule has 41 heavy (non-hydrogen) atoms. The lowest BCUT2D eigenvalue weighted by atomic mass is 10.00. The van der Waals surface area contributed by atoms with Crippen LogP contribution in [0.1, 0.15) is 24.0 Å². The quantitative estimate of drug-likeness (QED) is 0.394. The van der Waals surface area contributed by atoms with Crippen molar-refractivity contribution in [3.05, 3.63) is 65.6 Å². The molecular formula is C30H33FN6O3S. The predicted octanol–water partition coefficient (Wildman–Crippen LogP) is 4.01. The van der Waals surface area contributed by atoms with Crippen LogP contribution in [0.2, 0.25) is 0 Å². The second-order valence-corrected chi connectivity index (χ2v) is 13.4. The lowest BCUT2D eigenvalue weighted by molar-refractivity contribution is 0.109. The number of nitrogens with one attached hydrogen (secondary N) is 1. The molecule has 2 aromatic heterocycles. The average Bonchev–Trinajstić information content (AvgIpc) is 3.75. The van der Waals surface area contributed by atoms with Gasteiger partial charge in [0.05, 0.1) is 35.9 Å². The average molecular weight is 577 g/mol. The van der Waals surface area contributed by atoms with Crippen LogP contribution in [-0.2, 0) is 27.9 Å². The number of hydrogen-bond donors (Lipinski definition) is 1. The van der Waals surface area contributed by atoms with Crippen LogP contribution in [0.5, 0.6) is 0 Å². The van der Waals surface area contributed by atoms with Crippen molar-refractivity contribution in [3.8, 4) is 22.5 Å². The molecule has 9 nitrogen and oxygen atoms in total. The van der Waals surface area contributed by atoms with E-state index in [-0.39, 0.29) is 37.4 Å². The smallest absolute Gasteiger partial charge is 0.217 e. The number of rotatable bonds is 3. The Labute approximate surface area is 239 Å². The number of ether oxygens (including phenoxy) is 1. The fraction of sp³-hybridized carbons (Fsp3) is 0.400. The maximum atomic E-state index is 15.2. The molecule has 1 saturated heterocycles. The Morgan fingerprint density at radius 1 is 1.02 bits per heavy atom. The molecule has 2 aliphatic heterocycles. The van der Waals surface area contributed by atoms with Crippen molar-refractivity contribution in [1.29, 1.82) is 0 Å². The van der Waals surface area contributed by atoms with Crippen LogP contribution < -0.4 is 4.90 Å². The number of likely N-dealkylation sites (N-methyl/N-ethyl adjacent to an activating group) is 1. The zero-order valence-electron chi connectivity index (χ0n) is 23.0. The summed E-state index contributed by atoms with van der Waals surface area (Å²) in [6, 6.07) is 13.0. The molecule has 0 spiro atoms. The summed E-state index contributed by atoms with van der Waals surface area (Å²) in [6.45, 7) is 4.41. The molecule has 0 unspecified atom stereocenters. The highest BCUT2D eigenvalue weighted by atomic mass is 32.2. The third-order valence-corrected chi connectivity index (χ3v) is 10.7. The fourth-order valence-corrected chi connectivity index (χ4v) is 7.68. The van der Waals surface area contributed by atoms with Crippen molar-refractivity contribution in [2.45, 2.75) is 31.2 Å². The van der Waals surface area contributed by atoms with E-state index in [0.29, 0.717) is 29.7 Å². The molecule has 1 N–H and O–H groups in total. The maximum Gasteiger partial charge on any atom is 0.217 e. The molecule has 0 radical (unpaired) electrons. The number of benzene rings is 2. The summed E-state index contributed by atoms with van der Waals surface area (Å²) in [6.07, 6.45) is 3.05. The van der Waals surface area contributed by atoms with E-state index in [4.69, 9.17) is 4.74 Å². The number of anilines is 1. The highest BCUT2D eigenvalue weighted by Gasteiger charge is 2.40. The number of aromatic nitrogens is 3. The first-order valence-electron chi connectivity index (χ1n) is 14.1. The van der Waals surface area contributed by atoms with Crippen LogP contribution >= 0.6 is 0 Å². The van der Waals surface area contributed by atoms with Gasteiger partial charge in [-0.15, -0.1) is 0 Å². The van der Waals surface area contributed by atoms with Gasteiger partial charge in [-0.25, -0.2) is 12.8 Å². The zero-order valence-corrected chi connectivity index (χ0v) is 23.8. The second kappa shape index (κ2) is 10.5. The number of piperazine rings is 1. The van der Waals surface area contributed by atoms with Crippen molar-refractivity contribution in [3.63, 3.8) is 0 Å². The molecule has 2 fully saturated rings. The monoisotopic (exact) mass is 576 g/mol. The fourth-order valence-electron chi connectivity index (χ4n) is 5.88. The Morgan fingerprint density at radius 2 is 1.85 bits per heavy atom. The van der Waals surface area contributed by atoms with Gasteiger partial charge < -0.3 is 14.5 Å². The van der Waals surface area contributed by atoms with E-state index < -0.39 is 10.0 Å². The van der Waals surface area contributed by atoms with Crippen molar-refractivity contribution in [2.75, 3.05) is 51.3 Å². The first kappa shape index (κ1) is 26.5. The van der Waals surface area contributed by atoms with Crippen LogP contribution in [-0.4, -0.2) is 84.4 Å². The molecule has 4 aromatic rings. The molecule has 1 aliphatic carbocycles. The lowest BCUT2D eigenvalue weighted by Crippen LogP contribution is -2.45. The highest BCUT2D eigenvalue weighted by Crippen LogP contribution is 2.37. The highest BCUT2D eigenvalue weighted by molar-refractivity contribution is 7.90. The van der Waals surface area contributed by atoms with Crippen molar-refractivity contribution in [1.82, 2.24) is 24.4 Å². The van der Waals surface area contributed by atoms with Crippen LogP contribution in [0.25, 0.3) is 33.4 Å². The second-order valence-electron chi connectivity index (χ2n) is 11.2. The molecule has 7 rings (SSSR count).